The molecule has 3 rings (SSSR count). The van der Waals surface area contributed by atoms with E-state index in [0.717, 1.165) is 30.9 Å². The summed E-state index contributed by atoms with van der Waals surface area (Å²) in [5.74, 6) is 0. The molecule has 0 bridgehead atoms. The lowest BCUT2D eigenvalue weighted by atomic mass is 9.78. The number of piperidine rings is 1. The van der Waals surface area contributed by atoms with Crippen LogP contribution >= 0.6 is 0 Å². The highest BCUT2D eigenvalue weighted by Crippen LogP contribution is 2.37. The van der Waals surface area contributed by atoms with E-state index in [-0.39, 0.29) is 6.10 Å². The Morgan fingerprint density at radius 3 is 2.78 bits per heavy atom. The van der Waals surface area contributed by atoms with Gasteiger partial charge in [0.1, 0.15) is 12.2 Å². The Labute approximate surface area is 138 Å². The van der Waals surface area contributed by atoms with Gasteiger partial charge < -0.3 is 15.0 Å². The molecule has 1 atom stereocenters. The van der Waals surface area contributed by atoms with E-state index in [4.69, 9.17) is 10.00 Å². The van der Waals surface area contributed by atoms with Gasteiger partial charge in [-0.15, -0.1) is 0 Å². The summed E-state index contributed by atoms with van der Waals surface area (Å²) < 4.78 is 5.69. The summed E-state index contributed by atoms with van der Waals surface area (Å²) >= 11 is 0. The van der Waals surface area contributed by atoms with Gasteiger partial charge in [-0.1, -0.05) is 0 Å². The van der Waals surface area contributed by atoms with Gasteiger partial charge in [-0.05, 0) is 62.9 Å². The van der Waals surface area contributed by atoms with Gasteiger partial charge in [0, 0.05) is 26.4 Å². The molecule has 1 spiro atoms. The van der Waals surface area contributed by atoms with Gasteiger partial charge in [0.05, 0.1) is 11.3 Å². The molecule has 0 amide bonds. The maximum absolute atomic E-state index is 9.03. The molecule has 0 saturated carbocycles. The molecule has 1 aromatic rings. The number of nitriles is 1. The third-order valence-corrected chi connectivity index (χ3v) is 5.54. The van der Waals surface area contributed by atoms with Gasteiger partial charge in [0.25, 0.3) is 0 Å². The Balaban J connectivity index is 1.62. The number of likely N-dealkylation sites (tertiary alicyclic amines) is 1. The summed E-state index contributed by atoms with van der Waals surface area (Å²) in [7, 11) is 1.74. The smallest absolute Gasteiger partial charge is 0.112 e. The number of pyridine rings is 1. The molecule has 23 heavy (non-hydrogen) atoms. The lowest BCUT2D eigenvalue weighted by molar-refractivity contribution is 0.0347. The summed E-state index contributed by atoms with van der Waals surface area (Å²) in [6.07, 6.45) is 5.50. The van der Waals surface area contributed by atoms with Gasteiger partial charge in [-0.25, -0.2) is 0 Å². The highest BCUT2D eigenvalue weighted by Gasteiger charge is 2.37. The molecule has 5 heteroatoms. The second-order valence-corrected chi connectivity index (χ2v) is 6.99. The topological polar surface area (TPSA) is 61.2 Å². The van der Waals surface area contributed by atoms with E-state index in [1.807, 2.05) is 13.0 Å². The summed E-state index contributed by atoms with van der Waals surface area (Å²) in [6.45, 7) is 7.46. The Bertz CT molecular complexity index is 579. The molecule has 0 aromatic carbocycles. The van der Waals surface area contributed by atoms with Crippen molar-refractivity contribution in [3.05, 3.63) is 29.1 Å². The molecular weight excluding hydrogens is 288 g/mol. The first-order valence-electron chi connectivity index (χ1n) is 8.48. The highest BCUT2D eigenvalue weighted by atomic mass is 16.5. The third-order valence-electron chi connectivity index (χ3n) is 5.54. The van der Waals surface area contributed by atoms with Crippen LogP contribution in [0.25, 0.3) is 0 Å². The minimum Gasteiger partial charge on any atom is -0.374 e. The molecule has 0 aliphatic carbocycles. The van der Waals surface area contributed by atoms with Gasteiger partial charge in [-0.3, -0.25) is 4.98 Å². The van der Waals surface area contributed by atoms with E-state index < -0.39 is 0 Å². The zero-order chi connectivity index (χ0) is 16.3. The first kappa shape index (κ1) is 16.4. The van der Waals surface area contributed by atoms with E-state index in [1.165, 1.54) is 32.4 Å². The fraction of sp³-hybridized carbons (Fsp3) is 0.667. The summed E-state index contributed by atoms with van der Waals surface area (Å²) in [6, 6.07) is 4.15. The Morgan fingerprint density at radius 2 is 2.22 bits per heavy atom. The molecule has 2 aliphatic heterocycles. The van der Waals surface area contributed by atoms with Crippen LogP contribution in [0.5, 0.6) is 0 Å². The molecule has 0 unspecified atom stereocenters. The third kappa shape index (κ3) is 3.55. The molecule has 124 valence electrons. The zero-order valence-electron chi connectivity index (χ0n) is 14.1. The predicted octanol–water partition coefficient (Wildman–Crippen LogP) is 2.02. The molecule has 1 aromatic heterocycles. The molecule has 2 fully saturated rings. The maximum atomic E-state index is 9.03. The van der Waals surface area contributed by atoms with Gasteiger partial charge in [0.2, 0.25) is 0 Å². The quantitative estimate of drug-likeness (QED) is 0.921. The van der Waals surface area contributed by atoms with E-state index in [2.05, 4.69) is 21.3 Å². The largest absolute Gasteiger partial charge is 0.374 e. The summed E-state index contributed by atoms with van der Waals surface area (Å²) in [4.78, 5) is 6.93. The van der Waals surface area contributed by atoms with Crippen LogP contribution in [0, 0.1) is 23.7 Å². The second kappa shape index (κ2) is 6.96. The Hall–Kier alpha value is -1.48. The van der Waals surface area contributed by atoms with E-state index in [0.29, 0.717) is 11.0 Å². The predicted molar refractivity (Wildman–Crippen MR) is 89.0 cm³/mol. The first-order valence-corrected chi connectivity index (χ1v) is 8.48. The number of nitrogens with one attached hydrogen (secondary N) is 1. The molecule has 2 saturated heterocycles. The number of methoxy groups -OCH3 is 1. The average Bonchev–Trinajstić information content (AvgIpc) is 3.02. The fourth-order valence-corrected chi connectivity index (χ4v) is 3.83. The molecule has 5 nitrogen and oxygen atoms in total. The van der Waals surface area contributed by atoms with Crippen LogP contribution in [0.2, 0.25) is 0 Å². The van der Waals surface area contributed by atoms with Crippen LogP contribution in [0.4, 0.5) is 0 Å². The fourth-order valence-electron chi connectivity index (χ4n) is 3.83. The number of nitrogens with zero attached hydrogens (tertiary/aromatic N) is 3. The van der Waals surface area contributed by atoms with Crippen molar-refractivity contribution in [3.8, 4) is 6.07 Å². The van der Waals surface area contributed by atoms with Crippen molar-refractivity contribution in [1.82, 2.24) is 15.2 Å². The van der Waals surface area contributed by atoms with Crippen LogP contribution in [0.3, 0.4) is 0 Å². The lowest BCUT2D eigenvalue weighted by Gasteiger charge is -2.39. The van der Waals surface area contributed by atoms with Crippen molar-refractivity contribution < 1.29 is 4.74 Å². The molecular formula is C18H26N4O. The monoisotopic (exact) mass is 314 g/mol. The Kier molecular flexibility index (Phi) is 4.96. The summed E-state index contributed by atoms with van der Waals surface area (Å²) in [5, 5.41) is 12.5. The number of ether oxygens (including phenoxy) is 1. The summed E-state index contributed by atoms with van der Waals surface area (Å²) in [5.41, 5.74) is 3.07. The molecule has 0 radical (unpaired) electrons. The van der Waals surface area contributed by atoms with Gasteiger partial charge in [-0.2, -0.15) is 5.26 Å². The minimum atomic E-state index is -0.0304. The Morgan fingerprint density at radius 1 is 1.43 bits per heavy atom. The van der Waals surface area contributed by atoms with Crippen LogP contribution in [-0.4, -0.2) is 49.7 Å². The van der Waals surface area contributed by atoms with Crippen molar-refractivity contribution in [2.75, 3.05) is 39.8 Å². The molecule has 1 N–H and O–H groups in total. The minimum absolute atomic E-state index is 0.0304. The zero-order valence-corrected chi connectivity index (χ0v) is 14.1. The van der Waals surface area contributed by atoms with Crippen molar-refractivity contribution in [2.45, 2.75) is 32.3 Å². The average molecular weight is 314 g/mol. The van der Waals surface area contributed by atoms with E-state index >= 15 is 0 Å². The highest BCUT2D eigenvalue weighted by molar-refractivity contribution is 5.35. The van der Waals surface area contributed by atoms with Crippen LogP contribution in [-0.2, 0) is 4.74 Å². The van der Waals surface area contributed by atoms with Crippen LogP contribution in [0.1, 0.15) is 42.2 Å². The maximum Gasteiger partial charge on any atom is 0.112 e. The van der Waals surface area contributed by atoms with Crippen LogP contribution in [0.15, 0.2) is 12.3 Å². The SMILES string of the molecule is CO[C@@H](CN1CCC2(CCNC2)CC1)c1cc(C)c(C#N)cn1. The molecule has 2 aliphatic rings. The normalized spacial score (nSPS) is 22.1. The van der Waals surface area contributed by atoms with Gasteiger partial charge >= 0.3 is 0 Å². The lowest BCUT2D eigenvalue weighted by Crippen LogP contribution is -2.43. The number of rotatable bonds is 4. The second-order valence-electron chi connectivity index (χ2n) is 6.99. The van der Waals surface area contributed by atoms with E-state index in [9.17, 15) is 0 Å². The number of aromatic nitrogens is 1. The standard InChI is InChI=1S/C18H26N4O/c1-14-9-16(21-11-15(14)10-19)17(23-2)12-22-7-4-18(5-8-22)3-6-20-13-18/h9,11,17,20H,3-8,12-13H2,1-2H3/t17-/m0/s1. The van der Waals surface area contributed by atoms with Crippen molar-refractivity contribution in [1.29, 1.82) is 5.26 Å². The van der Waals surface area contributed by atoms with Crippen LogP contribution < -0.4 is 5.32 Å². The van der Waals surface area contributed by atoms with Crippen molar-refractivity contribution >= 4 is 0 Å². The number of aryl methyl sites for hydroxylation is 1. The van der Waals surface area contributed by atoms with Crippen molar-refractivity contribution in [3.63, 3.8) is 0 Å². The number of hydrogen-bond acceptors (Lipinski definition) is 5. The van der Waals surface area contributed by atoms with E-state index in [1.54, 1.807) is 13.3 Å². The number of hydrogen-bond donors (Lipinski definition) is 1. The first-order chi connectivity index (χ1) is 11.2. The van der Waals surface area contributed by atoms with Gasteiger partial charge in [0.15, 0.2) is 0 Å². The van der Waals surface area contributed by atoms with Crippen molar-refractivity contribution in [2.24, 2.45) is 5.41 Å². The molecule has 3 heterocycles.